The third-order valence-corrected chi connectivity index (χ3v) is 1.71. The standard InChI is InChI=1S/C8H8N4O/c9-4-7(13)6-5-12-3-1-2-10-8(12)11-6/h1-3,5H,4,9H2. The summed E-state index contributed by atoms with van der Waals surface area (Å²) in [4.78, 5) is 19.1. The highest BCUT2D eigenvalue weighted by atomic mass is 16.1. The minimum absolute atomic E-state index is 0.0239. The van der Waals surface area contributed by atoms with E-state index < -0.39 is 0 Å². The van der Waals surface area contributed by atoms with E-state index in [-0.39, 0.29) is 12.3 Å². The molecule has 0 saturated carbocycles. The Morgan fingerprint density at radius 2 is 2.46 bits per heavy atom. The first-order valence-corrected chi connectivity index (χ1v) is 3.84. The number of nitrogens with zero attached hydrogens (tertiary/aromatic N) is 3. The quantitative estimate of drug-likeness (QED) is 0.647. The smallest absolute Gasteiger partial charge is 0.234 e. The number of Topliss-reactive ketones (excluding diaryl/α,β-unsaturated/α-hetero) is 1. The van der Waals surface area contributed by atoms with Crippen LogP contribution in [0.4, 0.5) is 0 Å². The van der Waals surface area contributed by atoms with Gasteiger partial charge in [0.25, 0.3) is 0 Å². The number of rotatable bonds is 2. The van der Waals surface area contributed by atoms with Crippen molar-refractivity contribution in [2.45, 2.75) is 0 Å². The molecule has 0 amide bonds. The molecule has 2 rings (SSSR count). The fourth-order valence-corrected chi connectivity index (χ4v) is 1.07. The Bertz CT molecular complexity index is 415. The van der Waals surface area contributed by atoms with Gasteiger partial charge < -0.3 is 5.73 Å². The predicted molar refractivity (Wildman–Crippen MR) is 46.4 cm³/mol. The van der Waals surface area contributed by atoms with Crippen LogP contribution in [-0.4, -0.2) is 26.7 Å². The lowest BCUT2D eigenvalue weighted by atomic mass is 10.3. The predicted octanol–water partition coefficient (Wildman–Crippen LogP) is -0.129. The lowest BCUT2D eigenvalue weighted by molar-refractivity contribution is 0.0997. The number of carbonyl (C=O) groups excluding carboxylic acids is 1. The van der Waals surface area contributed by atoms with Crippen LogP contribution in [0.1, 0.15) is 10.5 Å². The van der Waals surface area contributed by atoms with E-state index in [2.05, 4.69) is 9.97 Å². The van der Waals surface area contributed by atoms with Crippen molar-refractivity contribution in [3.63, 3.8) is 0 Å². The first kappa shape index (κ1) is 7.88. The summed E-state index contributed by atoms with van der Waals surface area (Å²) in [6.45, 7) is -0.0239. The average Bonchev–Trinajstić information content (AvgIpc) is 2.59. The van der Waals surface area contributed by atoms with E-state index >= 15 is 0 Å². The number of imidazole rings is 1. The molecule has 0 radical (unpaired) electrons. The van der Waals surface area contributed by atoms with Gasteiger partial charge in [-0.1, -0.05) is 0 Å². The van der Waals surface area contributed by atoms with Gasteiger partial charge in [-0.05, 0) is 6.07 Å². The van der Waals surface area contributed by atoms with Gasteiger partial charge in [-0.3, -0.25) is 9.20 Å². The molecule has 2 aromatic rings. The molecule has 0 aliphatic carbocycles. The summed E-state index contributed by atoms with van der Waals surface area (Å²) >= 11 is 0. The van der Waals surface area contributed by atoms with E-state index in [9.17, 15) is 4.79 Å². The topological polar surface area (TPSA) is 73.3 Å². The van der Waals surface area contributed by atoms with E-state index in [0.29, 0.717) is 11.5 Å². The summed E-state index contributed by atoms with van der Waals surface area (Å²) in [5.41, 5.74) is 5.57. The normalized spacial score (nSPS) is 10.5. The maximum Gasteiger partial charge on any atom is 0.234 e. The van der Waals surface area contributed by atoms with Crippen molar-refractivity contribution in [2.75, 3.05) is 6.54 Å². The Labute approximate surface area is 74.2 Å². The molecule has 0 saturated heterocycles. The summed E-state index contributed by atoms with van der Waals surface area (Å²) in [5.74, 6) is 0.338. The van der Waals surface area contributed by atoms with Crippen LogP contribution in [-0.2, 0) is 0 Å². The van der Waals surface area contributed by atoms with Gasteiger partial charge in [-0.2, -0.15) is 0 Å². The SMILES string of the molecule is NCC(=O)c1cn2cccnc2n1. The van der Waals surface area contributed by atoms with Crippen LogP contribution in [0.3, 0.4) is 0 Å². The molecule has 0 bridgehead atoms. The molecule has 0 atom stereocenters. The molecule has 0 spiro atoms. The summed E-state index contributed by atoms with van der Waals surface area (Å²) < 4.78 is 1.68. The van der Waals surface area contributed by atoms with Crippen LogP contribution in [0.15, 0.2) is 24.7 Å². The third-order valence-electron chi connectivity index (χ3n) is 1.71. The Hall–Kier alpha value is -1.75. The van der Waals surface area contributed by atoms with E-state index in [1.165, 1.54) is 0 Å². The number of fused-ring (bicyclic) bond motifs is 1. The lowest BCUT2D eigenvalue weighted by Gasteiger charge is -1.86. The monoisotopic (exact) mass is 176 g/mol. The molecule has 66 valence electrons. The molecule has 13 heavy (non-hydrogen) atoms. The maximum atomic E-state index is 11.2. The molecule has 2 heterocycles. The molecule has 0 unspecified atom stereocenters. The van der Waals surface area contributed by atoms with Gasteiger partial charge >= 0.3 is 0 Å². The van der Waals surface area contributed by atoms with E-state index in [1.54, 1.807) is 29.1 Å². The van der Waals surface area contributed by atoms with Gasteiger partial charge in [0.15, 0.2) is 5.78 Å². The maximum absolute atomic E-state index is 11.2. The zero-order valence-corrected chi connectivity index (χ0v) is 6.84. The van der Waals surface area contributed by atoms with Crippen molar-refractivity contribution in [1.29, 1.82) is 0 Å². The number of aromatic nitrogens is 3. The van der Waals surface area contributed by atoms with Gasteiger partial charge in [0.05, 0.1) is 6.54 Å². The van der Waals surface area contributed by atoms with Gasteiger partial charge in [-0.15, -0.1) is 0 Å². The second kappa shape index (κ2) is 2.95. The van der Waals surface area contributed by atoms with Crippen LogP contribution in [0.5, 0.6) is 0 Å². The second-order valence-electron chi connectivity index (χ2n) is 2.58. The largest absolute Gasteiger partial charge is 0.324 e. The molecule has 2 aromatic heterocycles. The molecule has 0 aliphatic heterocycles. The Kier molecular flexibility index (Phi) is 1.79. The Morgan fingerprint density at radius 1 is 1.62 bits per heavy atom. The zero-order valence-electron chi connectivity index (χ0n) is 6.84. The Balaban J connectivity index is 2.56. The van der Waals surface area contributed by atoms with Crippen molar-refractivity contribution in [3.8, 4) is 0 Å². The van der Waals surface area contributed by atoms with Crippen molar-refractivity contribution in [1.82, 2.24) is 14.4 Å². The van der Waals surface area contributed by atoms with Crippen LogP contribution in [0, 0.1) is 0 Å². The van der Waals surface area contributed by atoms with Crippen LogP contribution < -0.4 is 5.73 Å². The van der Waals surface area contributed by atoms with Gasteiger partial charge in [0.2, 0.25) is 5.78 Å². The van der Waals surface area contributed by atoms with Crippen molar-refractivity contribution in [3.05, 3.63) is 30.4 Å². The van der Waals surface area contributed by atoms with Gasteiger partial charge in [0.1, 0.15) is 5.69 Å². The molecular formula is C8H8N4O. The Morgan fingerprint density at radius 3 is 3.15 bits per heavy atom. The molecule has 0 aromatic carbocycles. The van der Waals surface area contributed by atoms with Crippen LogP contribution >= 0.6 is 0 Å². The number of hydrogen-bond acceptors (Lipinski definition) is 4. The van der Waals surface area contributed by atoms with Gasteiger partial charge in [0, 0.05) is 18.6 Å². The fraction of sp³-hybridized carbons (Fsp3) is 0.125. The van der Waals surface area contributed by atoms with Crippen molar-refractivity contribution < 1.29 is 4.79 Å². The number of ketones is 1. The highest BCUT2D eigenvalue weighted by molar-refractivity contribution is 5.96. The van der Waals surface area contributed by atoms with E-state index in [4.69, 9.17) is 5.73 Å². The number of nitrogens with two attached hydrogens (primary N) is 1. The highest BCUT2D eigenvalue weighted by Gasteiger charge is 2.08. The molecule has 5 heteroatoms. The second-order valence-corrected chi connectivity index (χ2v) is 2.58. The fourth-order valence-electron chi connectivity index (χ4n) is 1.07. The zero-order chi connectivity index (χ0) is 9.26. The van der Waals surface area contributed by atoms with E-state index in [0.717, 1.165) is 0 Å². The van der Waals surface area contributed by atoms with Gasteiger partial charge in [-0.25, -0.2) is 9.97 Å². The number of hydrogen-bond donors (Lipinski definition) is 1. The van der Waals surface area contributed by atoms with Crippen molar-refractivity contribution >= 4 is 11.6 Å². The first-order valence-electron chi connectivity index (χ1n) is 3.84. The first-order chi connectivity index (χ1) is 6.31. The molecule has 5 nitrogen and oxygen atoms in total. The summed E-state index contributed by atoms with van der Waals surface area (Å²) in [6, 6.07) is 1.77. The van der Waals surface area contributed by atoms with Crippen LogP contribution in [0.2, 0.25) is 0 Å². The molecule has 0 fully saturated rings. The summed E-state index contributed by atoms with van der Waals surface area (Å²) in [7, 11) is 0. The molecule has 0 aliphatic rings. The lowest BCUT2D eigenvalue weighted by Crippen LogP contribution is -2.13. The third kappa shape index (κ3) is 1.29. The minimum Gasteiger partial charge on any atom is -0.324 e. The highest BCUT2D eigenvalue weighted by Crippen LogP contribution is 2.01. The minimum atomic E-state index is -0.175. The average molecular weight is 176 g/mol. The summed E-state index contributed by atoms with van der Waals surface area (Å²) in [5, 5.41) is 0. The number of carbonyl (C=O) groups is 1. The van der Waals surface area contributed by atoms with E-state index in [1.807, 2.05) is 0 Å². The summed E-state index contributed by atoms with van der Waals surface area (Å²) in [6.07, 6.45) is 5.03. The molecule has 2 N–H and O–H groups in total. The molecular weight excluding hydrogens is 168 g/mol. The van der Waals surface area contributed by atoms with Crippen LogP contribution in [0.25, 0.3) is 5.78 Å². The van der Waals surface area contributed by atoms with Crippen molar-refractivity contribution in [2.24, 2.45) is 5.73 Å².